The molecule has 2 rings (SSSR count). The Kier molecular flexibility index (Phi) is 45.1. The third-order valence-corrected chi connectivity index (χ3v) is 14.5. The van der Waals surface area contributed by atoms with Crippen molar-refractivity contribution < 1.29 is 64.6 Å². The molecule has 0 aromatic heterocycles. The van der Waals surface area contributed by atoms with Crippen LogP contribution in [0.5, 0.6) is 0 Å². The van der Waals surface area contributed by atoms with Gasteiger partial charge in [0.1, 0.15) is 48.8 Å². The number of aliphatic hydroxyl groups is 8. The summed E-state index contributed by atoms with van der Waals surface area (Å²) in [6, 6.07) is -0.916. The Bertz CT molecular complexity index is 1690. The third-order valence-electron chi connectivity index (χ3n) is 14.5. The molecule has 454 valence electrons. The number of rotatable bonds is 48. The molecule has 2 saturated heterocycles. The lowest BCUT2D eigenvalue weighted by Crippen LogP contribution is -2.65. The molecule has 2 fully saturated rings. The van der Waals surface area contributed by atoms with Crippen molar-refractivity contribution >= 4 is 5.91 Å². The second-order valence-corrected chi connectivity index (χ2v) is 21.5. The normalized spacial score (nSPS) is 25.1. The van der Waals surface area contributed by atoms with Gasteiger partial charge in [-0.25, -0.2) is 0 Å². The summed E-state index contributed by atoms with van der Waals surface area (Å²) in [6.07, 6.45) is 52.1. The fourth-order valence-electron chi connectivity index (χ4n) is 9.56. The van der Waals surface area contributed by atoms with Crippen LogP contribution in [0.4, 0.5) is 0 Å². The minimum Gasteiger partial charge on any atom is -0.394 e. The van der Waals surface area contributed by atoms with Gasteiger partial charge in [-0.3, -0.25) is 4.79 Å². The predicted octanol–water partition coefficient (Wildman–Crippen LogP) is 11.1. The molecule has 14 nitrogen and oxygen atoms in total. The second kappa shape index (κ2) is 49.5. The van der Waals surface area contributed by atoms with E-state index in [1.165, 1.54) is 96.3 Å². The van der Waals surface area contributed by atoms with Gasteiger partial charge in [-0.2, -0.15) is 0 Å². The van der Waals surface area contributed by atoms with Crippen molar-refractivity contribution in [3.63, 3.8) is 0 Å². The monoisotopic (exact) mass is 1110 g/mol. The molecule has 0 bridgehead atoms. The third kappa shape index (κ3) is 34.8. The number of hydrogen-bond acceptors (Lipinski definition) is 13. The van der Waals surface area contributed by atoms with Crippen LogP contribution in [0.1, 0.15) is 213 Å². The van der Waals surface area contributed by atoms with E-state index in [4.69, 9.17) is 18.9 Å². The van der Waals surface area contributed by atoms with Crippen molar-refractivity contribution in [2.24, 2.45) is 0 Å². The molecule has 2 aliphatic rings. The number of nitrogens with one attached hydrogen (secondary N) is 1. The predicted molar refractivity (Wildman–Crippen MR) is 318 cm³/mol. The number of unbranched alkanes of at least 4 members (excludes halogenated alkanes) is 21. The summed E-state index contributed by atoms with van der Waals surface area (Å²) in [5.74, 6) is -0.246. The Morgan fingerprint density at radius 3 is 1.34 bits per heavy atom. The van der Waals surface area contributed by atoms with Crippen LogP contribution in [-0.2, 0) is 23.7 Å². The zero-order valence-corrected chi connectivity index (χ0v) is 48.8. The van der Waals surface area contributed by atoms with E-state index in [9.17, 15) is 45.6 Å². The lowest BCUT2D eigenvalue weighted by atomic mass is 9.97. The maximum Gasteiger partial charge on any atom is 0.220 e. The van der Waals surface area contributed by atoms with Crippen molar-refractivity contribution in [2.75, 3.05) is 19.8 Å². The van der Waals surface area contributed by atoms with Crippen molar-refractivity contribution in [3.8, 4) is 0 Å². The van der Waals surface area contributed by atoms with Crippen molar-refractivity contribution in [2.45, 2.75) is 286 Å². The fourth-order valence-corrected chi connectivity index (χ4v) is 9.56. The van der Waals surface area contributed by atoms with Gasteiger partial charge in [-0.05, 0) is 77.0 Å². The summed E-state index contributed by atoms with van der Waals surface area (Å²) in [6.45, 7) is 2.62. The largest absolute Gasteiger partial charge is 0.394 e. The number of amides is 1. The molecule has 9 N–H and O–H groups in total. The maximum absolute atomic E-state index is 13.2. The van der Waals surface area contributed by atoms with Gasteiger partial charge in [-0.1, -0.05) is 227 Å². The van der Waals surface area contributed by atoms with Crippen LogP contribution >= 0.6 is 0 Å². The van der Waals surface area contributed by atoms with E-state index >= 15 is 0 Å². The molecule has 0 radical (unpaired) electrons. The number of aliphatic hydroxyl groups excluding tert-OH is 8. The summed E-state index contributed by atoms with van der Waals surface area (Å²) in [5.41, 5.74) is 0. The Morgan fingerprint density at radius 1 is 0.468 bits per heavy atom. The average molecular weight is 1110 g/mol. The molecule has 0 aromatic carbocycles. The molecule has 0 saturated carbocycles. The molecule has 1 amide bonds. The van der Waals surface area contributed by atoms with Crippen LogP contribution in [0.3, 0.4) is 0 Å². The highest BCUT2D eigenvalue weighted by atomic mass is 16.7. The zero-order chi connectivity index (χ0) is 57.4. The molecular formula is C65H111NO13. The number of hydrogen-bond donors (Lipinski definition) is 9. The van der Waals surface area contributed by atoms with Crippen molar-refractivity contribution in [1.29, 1.82) is 0 Å². The van der Waals surface area contributed by atoms with E-state index in [1.807, 2.05) is 6.08 Å². The summed E-state index contributed by atoms with van der Waals surface area (Å²) >= 11 is 0. The van der Waals surface area contributed by atoms with Crippen LogP contribution < -0.4 is 5.32 Å². The summed E-state index contributed by atoms with van der Waals surface area (Å²) < 4.78 is 22.7. The standard InChI is InChI=1S/C65H111NO13/c1-3-5-7-9-11-13-14-15-16-17-18-19-20-21-22-23-24-25-26-27-28-29-30-31-32-33-34-35-36-37-38-39-40-41-43-45-47-49-57(70)66-53(54(69)48-46-44-42-12-10-8-6-4-2)52-76-64-62(75)60(73)63(56(51-68)78-64)79-65-61(74)59(72)58(71)55(50-67)77-65/h5,7,11,13,15-16,18-19,21-22,24-25,27-28,46,48,53-56,58-65,67-69,71-75H,3-4,6,8-10,12,14,17,20,23,26,29-45,47,49-52H2,1-2H3,(H,66,70)/b7-5-,13-11-,16-15-,19-18-,22-21-,25-24-,28-27-,48-46+. The molecule has 2 heterocycles. The molecule has 79 heavy (non-hydrogen) atoms. The first-order valence-electron chi connectivity index (χ1n) is 31.0. The lowest BCUT2D eigenvalue weighted by molar-refractivity contribution is -0.359. The van der Waals surface area contributed by atoms with Gasteiger partial charge in [0.05, 0.1) is 32.0 Å². The molecule has 0 aromatic rings. The van der Waals surface area contributed by atoms with Crippen molar-refractivity contribution in [1.82, 2.24) is 5.32 Å². The van der Waals surface area contributed by atoms with E-state index < -0.39 is 86.8 Å². The SMILES string of the molecule is CC/C=C\C/C=C\C/C=C\C/C=C\C/C=C\C/C=C\C/C=C\CCCCCCCCCCCCCCCCCC(=O)NC(COC1OC(CO)C(OC2OC(CO)C(O)C(O)C2O)C(O)C1O)C(O)/C=C/CCCCCCCC. The number of carbonyl (C=O) groups excluding carboxylic acids is 1. The van der Waals surface area contributed by atoms with E-state index in [-0.39, 0.29) is 18.9 Å². The number of carbonyl (C=O) groups is 1. The van der Waals surface area contributed by atoms with Gasteiger partial charge in [0.2, 0.25) is 5.91 Å². The summed E-state index contributed by atoms with van der Waals surface area (Å²) in [4.78, 5) is 13.2. The van der Waals surface area contributed by atoms with Gasteiger partial charge in [-0.15, -0.1) is 0 Å². The molecule has 14 heteroatoms. The topological polar surface area (TPSA) is 228 Å². The molecule has 0 spiro atoms. The second-order valence-electron chi connectivity index (χ2n) is 21.5. The smallest absolute Gasteiger partial charge is 0.220 e. The first-order chi connectivity index (χ1) is 38.6. The zero-order valence-electron chi connectivity index (χ0n) is 48.8. The highest BCUT2D eigenvalue weighted by Gasteiger charge is 2.51. The molecule has 0 aliphatic carbocycles. The Hall–Kier alpha value is -3.09. The van der Waals surface area contributed by atoms with E-state index in [0.717, 1.165) is 89.9 Å². The van der Waals surface area contributed by atoms with Crippen LogP contribution in [0, 0.1) is 0 Å². The van der Waals surface area contributed by atoms with Gasteiger partial charge in [0.25, 0.3) is 0 Å². The van der Waals surface area contributed by atoms with Crippen LogP contribution in [0.25, 0.3) is 0 Å². The number of allylic oxidation sites excluding steroid dienone is 15. The molecule has 12 unspecified atom stereocenters. The first kappa shape index (κ1) is 72.0. The molecule has 12 atom stereocenters. The highest BCUT2D eigenvalue weighted by molar-refractivity contribution is 5.76. The Labute approximate surface area is 477 Å². The first-order valence-corrected chi connectivity index (χ1v) is 31.0. The Morgan fingerprint density at radius 2 is 0.873 bits per heavy atom. The molecular weight excluding hydrogens is 1000 g/mol. The summed E-state index contributed by atoms with van der Waals surface area (Å²) in [7, 11) is 0. The minimum atomic E-state index is -1.79. The lowest BCUT2D eigenvalue weighted by Gasteiger charge is -2.46. The average Bonchev–Trinajstić information content (AvgIpc) is 3.47. The molecule has 2 aliphatic heterocycles. The van der Waals surface area contributed by atoms with Crippen LogP contribution in [0.15, 0.2) is 97.2 Å². The quantitative estimate of drug-likeness (QED) is 0.0204. The van der Waals surface area contributed by atoms with Gasteiger partial charge in [0.15, 0.2) is 12.6 Å². The minimum absolute atomic E-state index is 0.246. The maximum atomic E-state index is 13.2. The van der Waals surface area contributed by atoms with Crippen LogP contribution in [0.2, 0.25) is 0 Å². The van der Waals surface area contributed by atoms with E-state index in [2.05, 4.69) is 104 Å². The van der Waals surface area contributed by atoms with Crippen LogP contribution in [-0.4, -0.2) is 140 Å². The van der Waals surface area contributed by atoms with Crippen molar-refractivity contribution in [3.05, 3.63) is 97.2 Å². The van der Waals surface area contributed by atoms with Gasteiger partial charge in [0, 0.05) is 6.42 Å². The summed E-state index contributed by atoms with van der Waals surface area (Å²) in [5, 5.41) is 86.7. The van der Waals surface area contributed by atoms with E-state index in [1.54, 1.807) is 6.08 Å². The Balaban J connectivity index is 1.57. The van der Waals surface area contributed by atoms with Gasteiger partial charge >= 0.3 is 0 Å². The highest BCUT2D eigenvalue weighted by Crippen LogP contribution is 2.30. The fraction of sp³-hybridized carbons (Fsp3) is 0.738. The van der Waals surface area contributed by atoms with E-state index in [0.29, 0.717) is 6.42 Å². The van der Waals surface area contributed by atoms with Gasteiger partial charge < -0.3 is 65.1 Å². The number of ether oxygens (including phenoxy) is 4.